The van der Waals surface area contributed by atoms with Gasteiger partial charge in [0.25, 0.3) is 0 Å². The van der Waals surface area contributed by atoms with Crippen LogP contribution in [0.3, 0.4) is 0 Å². The van der Waals surface area contributed by atoms with Crippen LogP contribution in [0.25, 0.3) is 0 Å². The fourth-order valence-electron chi connectivity index (χ4n) is 0.716. The molecule has 0 saturated heterocycles. The quantitative estimate of drug-likeness (QED) is 0.478. The van der Waals surface area contributed by atoms with Crippen LogP contribution in [0.2, 0.25) is 0 Å². The molecular formula is C7H4N2. The summed E-state index contributed by atoms with van der Waals surface area (Å²) in [6, 6.07) is 3.89. The van der Waals surface area contributed by atoms with Gasteiger partial charge < -0.3 is 0 Å². The van der Waals surface area contributed by atoms with E-state index in [9.17, 15) is 0 Å². The van der Waals surface area contributed by atoms with Crippen LogP contribution >= 0.6 is 0 Å². The predicted octanol–water partition coefficient (Wildman–Crippen LogP) is 1.29. The highest BCUT2D eigenvalue weighted by Gasteiger charge is 2.05. The van der Waals surface area contributed by atoms with Crippen molar-refractivity contribution in [1.82, 2.24) is 0 Å². The molecule has 0 heterocycles. The summed E-state index contributed by atoms with van der Waals surface area (Å²) in [4.78, 5) is 0. The smallest absolute Gasteiger partial charge is 0.100 e. The fraction of sp³-hybridized carbons (Fsp3) is 0.143. The monoisotopic (exact) mass is 116 g/mol. The number of nitrogens with zero attached hydrogens (tertiary/aromatic N) is 2. The van der Waals surface area contributed by atoms with Gasteiger partial charge in [0.2, 0.25) is 0 Å². The zero-order chi connectivity index (χ0) is 6.69. The number of allylic oxidation sites excluding steroid dienone is 4. The Morgan fingerprint density at radius 1 is 1.33 bits per heavy atom. The third-order valence-corrected chi connectivity index (χ3v) is 1.19. The van der Waals surface area contributed by atoms with E-state index in [4.69, 9.17) is 10.5 Å². The van der Waals surface area contributed by atoms with Crippen LogP contribution in [0.1, 0.15) is 6.42 Å². The van der Waals surface area contributed by atoms with E-state index in [1.54, 1.807) is 6.08 Å². The molecule has 0 atom stereocenters. The number of hydrogen-bond donors (Lipinski definition) is 0. The largest absolute Gasteiger partial charge is 0.193 e. The van der Waals surface area contributed by atoms with Crippen molar-refractivity contribution in [3.05, 3.63) is 23.3 Å². The Balaban J connectivity index is 3.00. The highest BCUT2D eigenvalue weighted by atomic mass is 14.3. The predicted molar refractivity (Wildman–Crippen MR) is 32.0 cm³/mol. The average molecular weight is 116 g/mol. The lowest BCUT2D eigenvalue weighted by Gasteiger charge is -1.81. The average Bonchev–Trinajstić information content (AvgIpc) is 2.33. The van der Waals surface area contributed by atoms with E-state index in [0.29, 0.717) is 17.6 Å². The van der Waals surface area contributed by atoms with Gasteiger partial charge in [-0.25, -0.2) is 0 Å². The molecule has 0 aliphatic heterocycles. The molecule has 1 aliphatic carbocycles. The minimum absolute atomic E-state index is 0.512. The molecule has 0 unspecified atom stereocenters. The number of rotatable bonds is 0. The Morgan fingerprint density at radius 3 is 2.56 bits per heavy atom. The van der Waals surface area contributed by atoms with Gasteiger partial charge in [-0.05, 0) is 6.08 Å². The molecule has 0 N–H and O–H groups in total. The van der Waals surface area contributed by atoms with Gasteiger partial charge in [0, 0.05) is 6.42 Å². The Hall–Kier alpha value is -1.54. The second-order valence-corrected chi connectivity index (χ2v) is 1.72. The van der Waals surface area contributed by atoms with Crippen LogP contribution in [-0.4, -0.2) is 0 Å². The maximum atomic E-state index is 8.37. The van der Waals surface area contributed by atoms with Gasteiger partial charge >= 0.3 is 0 Å². The van der Waals surface area contributed by atoms with Gasteiger partial charge in [0.1, 0.15) is 6.07 Å². The summed E-state index contributed by atoms with van der Waals surface area (Å²) in [5.74, 6) is 0. The van der Waals surface area contributed by atoms with Crippen LogP contribution in [0, 0.1) is 22.7 Å². The van der Waals surface area contributed by atoms with Crippen LogP contribution in [-0.2, 0) is 0 Å². The first-order valence-corrected chi connectivity index (χ1v) is 2.58. The van der Waals surface area contributed by atoms with Crippen molar-refractivity contribution in [1.29, 1.82) is 10.5 Å². The molecular weight excluding hydrogens is 112 g/mol. The summed E-state index contributed by atoms with van der Waals surface area (Å²) < 4.78 is 0. The number of hydrogen-bond acceptors (Lipinski definition) is 2. The lowest BCUT2D eigenvalue weighted by atomic mass is 10.2. The Labute approximate surface area is 53.3 Å². The van der Waals surface area contributed by atoms with Gasteiger partial charge in [0.05, 0.1) is 17.2 Å². The molecule has 0 radical (unpaired) electrons. The maximum Gasteiger partial charge on any atom is 0.100 e. The molecule has 0 spiro atoms. The lowest BCUT2D eigenvalue weighted by molar-refractivity contribution is 1.31. The van der Waals surface area contributed by atoms with Gasteiger partial charge in [-0.2, -0.15) is 10.5 Å². The van der Waals surface area contributed by atoms with Crippen molar-refractivity contribution in [2.24, 2.45) is 0 Å². The molecule has 0 bridgehead atoms. The first-order chi connectivity index (χ1) is 4.38. The van der Waals surface area contributed by atoms with Crippen LogP contribution in [0.4, 0.5) is 0 Å². The van der Waals surface area contributed by atoms with E-state index in [2.05, 4.69) is 0 Å². The van der Waals surface area contributed by atoms with E-state index < -0.39 is 0 Å². The molecule has 0 aromatic carbocycles. The summed E-state index contributed by atoms with van der Waals surface area (Å²) in [7, 11) is 0. The zero-order valence-electron chi connectivity index (χ0n) is 4.76. The van der Waals surface area contributed by atoms with Crippen LogP contribution in [0.5, 0.6) is 0 Å². The van der Waals surface area contributed by atoms with Crippen molar-refractivity contribution in [2.45, 2.75) is 6.42 Å². The SMILES string of the molecule is N#CC1=C(C#N)CC=C1. The summed E-state index contributed by atoms with van der Waals surface area (Å²) in [6.45, 7) is 0. The van der Waals surface area contributed by atoms with E-state index in [-0.39, 0.29) is 0 Å². The van der Waals surface area contributed by atoms with Gasteiger partial charge in [-0.3, -0.25) is 0 Å². The van der Waals surface area contributed by atoms with Gasteiger partial charge in [0.15, 0.2) is 0 Å². The zero-order valence-corrected chi connectivity index (χ0v) is 4.76. The molecule has 0 saturated carbocycles. The second-order valence-electron chi connectivity index (χ2n) is 1.72. The van der Waals surface area contributed by atoms with Crippen molar-refractivity contribution in [3.8, 4) is 12.1 Å². The molecule has 2 nitrogen and oxygen atoms in total. The molecule has 0 aromatic heterocycles. The third kappa shape index (κ3) is 0.828. The van der Waals surface area contributed by atoms with Crippen molar-refractivity contribution in [3.63, 3.8) is 0 Å². The molecule has 0 amide bonds. The standard InChI is InChI=1S/C7H4N2/c8-4-6-2-1-3-7(6)5-9/h1-2H,3H2. The molecule has 42 valence electrons. The number of nitriles is 2. The summed E-state index contributed by atoms with van der Waals surface area (Å²) in [5.41, 5.74) is 1.09. The molecule has 0 aromatic rings. The molecule has 1 aliphatic rings. The van der Waals surface area contributed by atoms with Crippen molar-refractivity contribution < 1.29 is 0 Å². The molecule has 2 heteroatoms. The van der Waals surface area contributed by atoms with Crippen molar-refractivity contribution >= 4 is 0 Å². The molecule has 0 fully saturated rings. The molecule has 9 heavy (non-hydrogen) atoms. The van der Waals surface area contributed by atoms with Gasteiger partial charge in [-0.15, -0.1) is 0 Å². The van der Waals surface area contributed by atoms with Crippen molar-refractivity contribution in [2.75, 3.05) is 0 Å². The first kappa shape index (κ1) is 5.59. The Morgan fingerprint density at radius 2 is 2.11 bits per heavy atom. The highest BCUT2D eigenvalue weighted by molar-refractivity contribution is 5.49. The van der Waals surface area contributed by atoms with E-state index in [1.165, 1.54) is 0 Å². The summed E-state index contributed by atoms with van der Waals surface area (Å²) in [5, 5.41) is 16.7. The topological polar surface area (TPSA) is 47.6 Å². The Kier molecular flexibility index (Phi) is 1.34. The van der Waals surface area contributed by atoms with E-state index in [0.717, 1.165) is 0 Å². The van der Waals surface area contributed by atoms with E-state index in [1.807, 2.05) is 18.2 Å². The van der Waals surface area contributed by atoms with Gasteiger partial charge in [-0.1, -0.05) is 6.08 Å². The van der Waals surface area contributed by atoms with Crippen LogP contribution in [0.15, 0.2) is 23.3 Å². The fourth-order valence-corrected chi connectivity index (χ4v) is 0.716. The minimum atomic E-state index is 0.512. The normalized spacial score (nSPS) is 15.3. The highest BCUT2D eigenvalue weighted by Crippen LogP contribution is 2.16. The maximum absolute atomic E-state index is 8.37. The summed E-state index contributed by atoms with van der Waals surface area (Å²) in [6.07, 6.45) is 4.12. The van der Waals surface area contributed by atoms with Crippen LogP contribution < -0.4 is 0 Å². The second kappa shape index (κ2) is 2.15. The van der Waals surface area contributed by atoms with E-state index >= 15 is 0 Å². The lowest BCUT2D eigenvalue weighted by Crippen LogP contribution is -1.74. The minimum Gasteiger partial charge on any atom is -0.193 e. The molecule has 1 rings (SSSR count). The Bertz CT molecular complexity index is 258. The third-order valence-electron chi connectivity index (χ3n) is 1.19. The summed E-state index contributed by atoms with van der Waals surface area (Å²) >= 11 is 0. The first-order valence-electron chi connectivity index (χ1n) is 2.58.